The van der Waals surface area contributed by atoms with Gasteiger partial charge in [-0.2, -0.15) is 0 Å². The van der Waals surface area contributed by atoms with Crippen LogP contribution in [0.1, 0.15) is 51.9 Å². The molecule has 5 heteroatoms. The molecule has 1 heterocycles. The van der Waals surface area contributed by atoms with Gasteiger partial charge in [0.2, 0.25) is 5.91 Å². The predicted molar refractivity (Wildman–Crippen MR) is 69.7 cm³/mol. The Balaban J connectivity index is 1.75. The number of aliphatic carboxylic acids is 1. The number of nitrogens with one attached hydrogen (secondary N) is 1. The predicted octanol–water partition coefficient (Wildman–Crippen LogP) is 1.70. The topological polar surface area (TPSA) is 75.6 Å². The van der Waals surface area contributed by atoms with E-state index in [2.05, 4.69) is 12.2 Å². The third-order valence-corrected chi connectivity index (χ3v) is 4.36. The van der Waals surface area contributed by atoms with E-state index < -0.39 is 18.2 Å². The summed E-state index contributed by atoms with van der Waals surface area (Å²) < 4.78 is 5.26. The Labute approximate surface area is 113 Å². The fraction of sp³-hybridized carbons (Fsp3) is 0.857. The van der Waals surface area contributed by atoms with Crippen LogP contribution in [0.25, 0.3) is 0 Å². The van der Waals surface area contributed by atoms with E-state index >= 15 is 0 Å². The zero-order chi connectivity index (χ0) is 13.8. The molecule has 0 radical (unpaired) electrons. The highest BCUT2D eigenvalue weighted by Crippen LogP contribution is 2.27. The number of hydrogen-bond acceptors (Lipinski definition) is 3. The van der Waals surface area contributed by atoms with Crippen molar-refractivity contribution in [2.75, 3.05) is 0 Å². The highest BCUT2D eigenvalue weighted by Gasteiger charge is 2.35. The van der Waals surface area contributed by atoms with Crippen molar-refractivity contribution >= 4 is 11.9 Å². The molecular weight excluding hydrogens is 246 g/mol. The van der Waals surface area contributed by atoms with Crippen LogP contribution in [0.4, 0.5) is 0 Å². The average molecular weight is 269 g/mol. The van der Waals surface area contributed by atoms with Gasteiger partial charge in [-0.3, -0.25) is 4.79 Å². The fourth-order valence-corrected chi connectivity index (χ4v) is 3.02. The van der Waals surface area contributed by atoms with E-state index in [1.165, 1.54) is 19.3 Å². The van der Waals surface area contributed by atoms with Crippen molar-refractivity contribution in [1.29, 1.82) is 0 Å². The molecule has 2 rings (SSSR count). The Morgan fingerprint density at radius 3 is 2.26 bits per heavy atom. The van der Waals surface area contributed by atoms with E-state index in [9.17, 15) is 9.59 Å². The zero-order valence-corrected chi connectivity index (χ0v) is 11.4. The van der Waals surface area contributed by atoms with Crippen molar-refractivity contribution < 1.29 is 19.4 Å². The van der Waals surface area contributed by atoms with Crippen LogP contribution < -0.4 is 5.32 Å². The normalized spacial score (nSPS) is 35.0. The zero-order valence-electron chi connectivity index (χ0n) is 11.4. The monoisotopic (exact) mass is 269 g/mol. The minimum Gasteiger partial charge on any atom is -0.479 e. The molecule has 19 heavy (non-hydrogen) atoms. The molecule has 1 saturated carbocycles. The van der Waals surface area contributed by atoms with E-state index in [1.54, 1.807) is 0 Å². The van der Waals surface area contributed by atoms with Gasteiger partial charge < -0.3 is 15.2 Å². The van der Waals surface area contributed by atoms with Gasteiger partial charge in [-0.15, -0.1) is 0 Å². The first-order valence-corrected chi connectivity index (χ1v) is 7.28. The molecule has 1 aliphatic heterocycles. The van der Waals surface area contributed by atoms with Crippen molar-refractivity contribution in [1.82, 2.24) is 5.32 Å². The maximum Gasteiger partial charge on any atom is 0.332 e. The molecule has 5 nitrogen and oxygen atoms in total. The summed E-state index contributed by atoms with van der Waals surface area (Å²) in [5.74, 6) is -0.310. The van der Waals surface area contributed by atoms with E-state index in [-0.39, 0.29) is 11.9 Å². The van der Waals surface area contributed by atoms with Crippen molar-refractivity contribution in [2.45, 2.75) is 70.1 Å². The number of amides is 1. The molecule has 108 valence electrons. The van der Waals surface area contributed by atoms with E-state index in [0.717, 1.165) is 18.8 Å². The van der Waals surface area contributed by atoms with Crippen molar-refractivity contribution in [3.63, 3.8) is 0 Å². The summed E-state index contributed by atoms with van der Waals surface area (Å²) in [5.41, 5.74) is 0. The Morgan fingerprint density at radius 2 is 1.74 bits per heavy atom. The van der Waals surface area contributed by atoms with Crippen molar-refractivity contribution in [2.24, 2.45) is 5.92 Å². The van der Waals surface area contributed by atoms with Crippen LogP contribution in [0.15, 0.2) is 0 Å². The molecule has 0 bridgehead atoms. The minimum absolute atomic E-state index is 0.135. The summed E-state index contributed by atoms with van der Waals surface area (Å²) in [6.07, 6.45) is 5.15. The van der Waals surface area contributed by atoms with Crippen LogP contribution in [0.2, 0.25) is 0 Å². The van der Waals surface area contributed by atoms with Gasteiger partial charge in [0.15, 0.2) is 6.10 Å². The first kappa shape index (κ1) is 14.3. The minimum atomic E-state index is -0.973. The van der Waals surface area contributed by atoms with Gasteiger partial charge >= 0.3 is 5.97 Å². The third kappa shape index (κ3) is 3.69. The lowest BCUT2D eigenvalue weighted by molar-refractivity contribution is -0.152. The van der Waals surface area contributed by atoms with E-state index in [1.807, 2.05) is 0 Å². The summed E-state index contributed by atoms with van der Waals surface area (Å²) in [7, 11) is 0. The second kappa shape index (κ2) is 6.37. The van der Waals surface area contributed by atoms with Gasteiger partial charge in [0.25, 0.3) is 0 Å². The quantitative estimate of drug-likeness (QED) is 0.814. The molecule has 0 aromatic carbocycles. The van der Waals surface area contributed by atoms with Gasteiger partial charge in [-0.05, 0) is 44.4 Å². The standard InChI is InChI=1S/C14H23NO4/c1-2-9-3-5-10(6-4-9)15-13(16)11-7-8-12(19-11)14(17)18/h9-12H,2-8H2,1H3,(H,15,16)(H,17,18)/t9?,10?,11-,12+/m0/s1. The summed E-state index contributed by atoms with van der Waals surface area (Å²) >= 11 is 0. The Bertz CT molecular complexity index is 336. The smallest absolute Gasteiger partial charge is 0.332 e. The van der Waals surface area contributed by atoms with Crippen LogP contribution in [-0.4, -0.2) is 35.2 Å². The van der Waals surface area contributed by atoms with Crippen molar-refractivity contribution in [3.8, 4) is 0 Å². The molecule has 1 amide bonds. The maximum atomic E-state index is 12.0. The van der Waals surface area contributed by atoms with E-state index in [0.29, 0.717) is 12.8 Å². The molecule has 0 spiro atoms. The SMILES string of the molecule is CCC1CCC(NC(=O)[C@@H]2CC[C@H](C(=O)O)O2)CC1. The molecule has 0 aromatic heterocycles. The molecule has 2 atom stereocenters. The second-order valence-electron chi connectivity index (χ2n) is 5.66. The number of hydrogen-bond donors (Lipinski definition) is 2. The molecule has 2 aliphatic rings. The summed E-state index contributed by atoms with van der Waals surface area (Å²) in [4.78, 5) is 22.8. The third-order valence-electron chi connectivity index (χ3n) is 4.36. The number of carboxylic acid groups (broad SMARTS) is 1. The molecule has 2 N–H and O–H groups in total. The fourth-order valence-electron chi connectivity index (χ4n) is 3.02. The number of carbonyl (C=O) groups excluding carboxylic acids is 1. The lowest BCUT2D eigenvalue weighted by Crippen LogP contribution is -2.43. The first-order valence-electron chi connectivity index (χ1n) is 7.28. The van der Waals surface area contributed by atoms with Crippen LogP contribution in [0.5, 0.6) is 0 Å². The summed E-state index contributed by atoms with van der Waals surface area (Å²) in [5, 5.41) is 11.8. The largest absolute Gasteiger partial charge is 0.479 e. The highest BCUT2D eigenvalue weighted by molar-refractivity contribution is 5.82. The lowest BCUT2D eigenvalue weighted by Gasteiger charge is -2.29. The molecule has 2 fully saturated rings. The van der Waals surface area contributed by atoms with Gasteiger partial charge in [0, 0.05) is 6.04 Å². The van der Waals surface area contributed by atoms with Gasteiger partial charge in [-0.25, -0.2) is 4.79 Å². The Hall–Kier alpha value is -1.10. The van der Waals surface area contributed by atoms with Gasteiger partial charge in [0.05, 0.1) is 0 Å². The molecular formula is C14H23NO4. The molecule has 1 aliphatic carbocycles. The number of ether oxygens (including phenoxy) is 1. The maximum absolute atomic E-state index is 12.0. The highest BCUT2D eigenvalue weighted by atomic mass is 16.5. The number of rotatable bonds is 4. The average Bonchev–Trinajstić information content (AvgIpc) is 2.89. The lowest BCUT2D eigenvalue weighted by atomic mass is 9.84. The summed E-state index contributed by atoms with van der Waals surface area (Å²) in [6.45, 7) is 2.21. The first-order chi connectivity index (χ1) is 9.10. The van der Waals surface area contributed by atoms with Crippen LogP contribution in [-0.2, 0) is 14.3 Å². The van der Waals surface area contributed by atoms with Gasteiger partial charge in [-0.1, -0.05) is 13.3 Å². The molecule has 1 saturated heterocycles. The molecule has 0 aromatic rings. The van der Waals surface area contributed by atoms with Gasteiger partial charge in [0.1, 0.15) is 6.10 Å². The summed E-state index contributed by atoms with van der Waals surface area (Å²) in [6, 6.07) is 0.239. The Morgan fingerprint density at radius 1 is 1.11 bits per heavy atom. The molecule has 0 unspecified atom stereocenters. The van der Waals surface area contributed by atoms with E-state index in [4.69, 9.17) is 9.84 Å². The van der Waals surface area contributed by atoms with Crippen LogP contribution in [0, 0.1) is 5.92 Å². The van der Waals surface area contributed by atoms with Crippen LogP contribution >= 0.6 is 0 Å². The number of carbonyl (C=O) groups is 2. The number of carboxylic acids is 1. The Kier molecular flexibility index (Phi) is 4.80. The second-order valence-corrected chi connectivity index (χ2v) is 5.66. The van der Waals surface area contributed by atoms with Crippen LogP contribution in [0.3, 0.4) is 0 Å². The van der Waals surface area contributed by atoms with Crippen molar-refractivity contribution in [3.05, 3.63) is 0 Å².